The molecule has 0 bridgehead atoms. The topological polar surface area (TPSA) is 48.1 Å². The lowest BCUT2D eigenvalue weighted by atomic mass is 9.95. The Kier molecular flexibility index (Phi) is 6.94. The van der Waals surface area contributed by atoms with Crippen LogP contribution in [0.1, 0.15) is 45.4 Å². The van der Waals surface area contributed by atoms with Crippen LogP contribution in [0.4, 0.5) is 0 Å². The molecule has 0 spiro atoms. The van der Waals surface area contributed by atoms with Crippen LogP contribution in [0.25, 0.3) is 32.8 Å². The summed E-state index contributed by atoms with van der Waals surface area (Å²) in [6.45, 7) is 6.86. The van der Waals surface area contributed by atoms with Crippen LogP contribution in [0.3, 0.4) is 0 Å². The summed E-state index contributed by atoms with van der Waals surface area (Å²) in [4.78, 5) is 2.55. The van der Waals surface area contributed by atoms with Gasteiger partial charge in [0.2, 0.25) is 0 Å². The summed E-state index contributed by atoms with van der Waals surface area (Å²) in [6, 6.07) is 26.1. The van der Waals surface area contributed by atoms with Crippen molar-refractivity contribution in [2.45, 2.75) is 51.1 Å². The molecule has 3 heterocycles. The van der Waals surface area contributed by atoms with E-state index in [-0.39, 0.29) is 5.66 Å². The lowest BCUT2D eigenvalue weighted by Crippen LogP contribution is -2.46. The molecule has 1 saturated heterocycles. The van der Waals surface area contributed by atoms with Gasteiger partial charge in [-0.2, -0.15) is 0 Å². The number of hydrogen-bond donors (Lipinski definition) is 0. The number of para-hydroxylation sites is 3. The number of hydrogen-bond acceptors (Lipinski definition) is 4. The molecule has 5 aromatic rings. The first-order valence-electron chi connectivity index (χ1n) is 13.9. The monoisotopic (exact) mass is 495 g/mol. The SMILES string of the molecule is CCCCCCC(CCN1CCOCC1)(n1nnc2ccccc21)n1c2ccccc2c2ccccc21. The normalized spacial score (nSPS) is 16.6. The van der Waals surface area contributed by atoms with E-state index in [1.807, 2.05) is 0 Å². The molecule has 0 saturated carbocycles. The fourth-order valence-corrected chi connectivity index (χ4v) is 6.20. The van der Waals surface area contributed by atoms with Gasteiger partial charge >= 0.3 is 0 Å². The van der Waals surface area contributed by atoms with Crippen LogP contribution >= 0.6 is 0 Å². The first kappa shape index (κ1) is 24.1. The van der Waals surface area contributed by atoms with Gasteiger partial charge in [-0.1, -0.05) is 79.9 Å². The zero-order valence-electron chi connectivity index (χ0n) is 21.9. The fourth-order valence-electron chi connectivity index (χ4n) is 6.20. The van der Waals surface area contributed by atoms with E-state index in [0.29, 0.717) is 0 Å². The molecule has 0 radical (unpaired) electrons. The van der Waals surface area contributed by atoms with E-state index in [1.54, 1.807) is 0 Å². The number of morpholine rings is 1. The van der Waals surface area contributed by atoms with E-state index >= 15 is 0 Å². The van der Waals surface area contributed by atoms with E-state index in [0.717, 1.165) is 63.1 Å². The lowest BCUT2D eigenvalue weighted by Gasteiger charge is -2.40. The number of benzene rings is 3. The van der Waals surface area contributed by atoms with E-state index in [4.69, 9.17) is 9.95 Å². The van der Waals surface area contributed by atoms with Crippen molar-refractivity contribution in [3.63, 3.8) is 0 Å². The van der Waals surface area contributed by atoms with Crippen LogP contribution in [0.5, 0.6) is 0 Å². The average Bonchev–Trinajstić information content (AvgIpc) is 3.54. The molecule has 3 aromatic carbocycles. The molecule has 1 unspecified atom stereocenters. The van der Waals surface area contributed by atoms with Crippen molar-refractivity contribution in [1.82, 2.24) is 24.5 Å². The molecule has 6 rings (SSSR count). The van der Waals surface area contributed by atoms with E-state index < -0.39 is 0 Å². The van der Waals surface area contributed by atoms with Gasteiger partial charge in [0, 0.05) is 36.8 Å². The molecule has 6 nitrogen and oxygen atoms in total. The van der Waals surface area contributed by atoms with Crippen LogP contribution in [-0.2, 0) is 10.4 Å². The minimum absolute atomic E-state index is 0.384. The van der Waals surface area contributed by atoms with Crippen LogP contribution in [0.2, 0.25) is 0 Å². The van der Waals surface area contributed by atoms with Gasteiger partial charge in [-0.25, -0.2) is 4.68 Å². The zero-order valence-corrected chi connectivity index (χ0v) is 21.9. The molecule has 1 aliphatic rings. The van der Waals surface area contributed by atoms with Gasteiger partial charge in [0.1, 0.15) is 11.2 Å². The summed E-state index contributed by atoms with van der Waals surface area (Å²) in [5.41, 5.74) is 4.20. The Labute approximate surface area is 218 Å². The minimum atomic E-state index is -0.384. The predicted octanol–water partition coefficient (Wildman–Crippen LogP) is 6.43. The first-order valence-corrected chi connectivity index (χ1v) is 13.9. The second-order valence-corrected chi connectivity index (χ2v) is 10.4. The quantitative estimate of drug-likeness (QED) is 0.209. The summed E-state index contributed by atoms with van der Waals surface area (Å²) in [5, 5.41) is 12.2. The van der Waals surface area contributed by atoms with Gasteiger partial charge in [0.25, 0.3) is 0 Å². The Bertz CT molecular complexity index is 1430. The summed E-state index contributed by atoms with van der Waals surface area (Å²) in [6.07, 6.45) is 6.81. The molecule has 2 aromatic heterocycles. The van der Waals surface area contributed by atoms with Gasteiger partial charge in [-0.05, 0) is 37.1 Å². The van der Waals surface area contributed by atoms with E-state index in [2.05, 4.69) is 99.0 Å². The Morgan fingerprint density at radius 2 is 1.41 bits per heavy atom. The van der Waals surface area contributed by atoms with Crippen LogP contribution < -0.4 is 0 Å². The van der Waals surface area contributed by atoms with Crippen LogP contribution in [-0.4, -0.2) is 57.3 Å². The molecule has 1 atom stereocenters. The lowest BCUT2D eigenvalue weighted by molar-refractivity contribution is 0.0282. The highest BCUT2D eigenvalue weighted by Crippen LogP contribution is 2.41. The number of aromatic nitrogens is 4. The van der Waals surface area contributed by atoms with Crippen molar-refractivity contribution in [1.29, 1.82) is 0 Å². The Morgan fingerprint density at radius 3 is 2.11 bits per heavy atom. The van der Waals surface area contributed by atoms with Gasteiger partial charge < -0.3 is 9.30 Å². The van der Waals surface area contributed by atoms with Crippen molar-refractivity contribution in [3.05, 3.63) is 72.8 Å². The van der Waals surface area contributed by atoms with Crippen molar-refractivity contribution in [2.75, 3.05) is 32.8 Å². The molecule has 0 aliphatic carbocycles. The van der Waals surface area contributed by atoms with Crippen molar-refractivity contribution in [3.8, 4) is 0 Å². The third-order valence-corrected chi connectivity index (χ3v) is 8.11. The number of ether oxygens (including phenoxy) is 1. The molecule has 0 N–H and O–H groups in total. The van der Waals surface area contributed by atoms with E-state index in [9.17, 15) is 0 Å². The first-order chi connectivity index (χ1) is 18.3. The number of rotatable bonds is 10. The zero-order chi connectivity index (χ0) is 25.1. The average molecular weight is 496 g/mol. The Hall–Kier alpha value is -3.22. The second-order valence-electron chi connectivity index (χ2n) is 10.4. The molecule has 1 aliphatic heterocycles. The maximum atomic E-state index is 5.67. The molecule has 0 amide bonds. The molecule has 6 heteroatoms. The third-order valence-electron chi connectivity index (χ3n) is 8.11. The summed E-state index contributed by atoms with van der Waals surface area (Å²) < 4.78 is 10.5. The molecule has 192 valence electrons. The number of nitrogens with zero attached hydrogens (tertiary/aromatic N) is 5. The second kappa shape index (κ2) is 10.6. The standard InChI is InChI=1S/C31H37N5O/c1-2-3-4-11-18-31(19-20-34-21-23-37-24-22-34,36-30-17-10-7-14-27(30)32-33-36)35-28-15-8-5-12-25(28)26-13-6-9-16-29(26)35/h5-10,12-17H,2-4,11,18-24H2,1H3. The van der Waals surface area contributed by atoms with E-state index in [1.165, 1.54) is 41.1 Å². The summed E-state index contributed by atoms with van der Waals surface area (Å²) >= 11 is 0. The molecule has 37 heavy (non-hydrogen) atoms. The number of unbranched alkanes of at least 4 members (excludes halogenated alkanes) is 3. The van der Waals surface area contributed by atoms with Crippen molar-refractivity contribution < 1.29 is 4.74 Å². The minimum Gasteiger partial charge on any atom is -0.379 e. The van der Waals surface area contributed by atoms with Crippen LogP contribution in [0, 0.1) is 0 Å². The maximum absolute atomic E-state index is 5.67. The summed E-state index contributed by atoms with van der Waals surface area (Å²) in [5.74, 6) is 0. The highest BCUT2D eigenvalue weighted by molar-refractivity contribution is 6.08. The number of fused-ring (bicyclic) bond motifs is 4. The highest BCUT2D eigenvalue weighted by Gasteiger charge is 2.39. The Morgan fingerprint density at radius 1 is 0.757 bits per heavy atom. The summed E-state index contributed by atoms with van der Waals surface area (Å²) in [7, 11) is 0. The molecular weight excluding hydrogens is 458 g/mol. The highest BCUT2D eigenvalue weighted by atomic mass is 16.5. The molecular formula is C31H37N5O. The van der Waals surface area contributed by atoms with Gasteiger partial charge in [0.15, 0.2) is 0 Å². The van der Waals surface area contributed by atoms with Gasteiger partial charge in [0.05, 0.1) is 29.8 Å². The third kappa shape index (κ3) is 4.42. The smallest absolute Gasteiger partial charge is 0.141 e. The van der Waals surface area contributed by atoms with Crippen molar-refractivity contribution in [2.24, 2.45) is 0 Å². The molecule has 1 fully saturated rings. The van der Waals surface area contributed by atoms with Crippen molar-refractivity contribution >= 4 is 32.8 Å². The fraction of sp³-hybridized carbons (Fsp3) is 0.419. The Balaban J connectivity index is 1.59. The van der Waals surface area contributed by atoms with Crippen LogP contribution in [0.15, 0.2) is 72.8 Å². The van der Waals surface area contributed by atoms with Gasteiger partial charge in [-0.15, -0.1) is 5.10 Å². The van der Waals surface area contributed by atoms with Gasteiger partial charge in [-0.3, -0.25) is 4.90 Å². The largest absolute Gasteiger partial charge is 0.379 e. The maximum Gasteiger partial charge on any atom is 0.141 e. The predicted molar refractivity (Wildman–Crippen MR) is 151 cm³/mol.